The molecule has 0 unspecified atom stereocenters. The Bertz CT molecular complexity index is 946. The van der Waals surface area contributed by atoms with Gasteiger partial charge in [0, 0.05) is 37.8 Å². The summed E-state index contributed by atoms with van der Waals surface area (Å²) in [6.45, 7) is 0.245. The van der Waals surface area contributed by atoms with E-state index < -0.39 is 10.0 Å². The lowest BCUT2D eigenvalue weighted by Gasteiger charge is -2.25. The van der Waals surface area contributed by atoms with Gasteiger partial charge in [0.15, 0.2) is 0 Å². The number of sulfonamides is 1. The first-order valence-electron chi connectivity index (χ1n) is 8.91. The molecule has 8 nitrogen and oxygen atoms in total. The van der Waals surface area contributed by atoms with E-state index in [1.807, 2.05) is 0 Å². The number of nitrogens with one attached hydrogen (secondary N) is 2. The van der Waals surface area contributed by atoms with Gasteiger partial charge in [-0.3, -0.25) is 14.6 Å². The molecule has 1 aliphatic rings. The smallest absolute Gasteiger partial charge is 0.251 e. The Morgan fingerprint density at radius 1 is 1.25 bits per heavy atom. The fourth-order valence-electron chi connectivity index (χ4n) is 3.05. The number of nitrogens with zero attached hydrogens (tertiary/aromatic N) is 2. The molecule has 1 saturated heterocycles. The molecule has 3 rings (SSSR count). The minimum atomic E-state index is -3.84. The third-order valence-corrected chi connectivity index (χ3v) is 6.38. The van der Waals surface area contributed by atoms with Crippen molar-refractivity contribution in [2.45, 2.75) is 30.3 Å². The number of carbonyl (C=O) groups is 2. The lowest BCUT2D eigenvalue weighted by molar-refractivity contribution is -0.119. The number of aromatic nitrogens is 1. The second-order valence-corrected chi connectivity index (χ2v) is 8.46. The van der Waals surface area contributed by atoms with E-state index in [0.717, 1.165) is 0 Å². The molecule has 2 N–H and O–H groups in total. The molecule has 0 spiro atoms. The van der Waals surface area contributed by atoms with Crippen molar-refractivity contribution < 1.29 is 18.0 Å². The van der Waals surface area contributed by atoms with Crippen LogP contribution in [0.3, 0.4) is 0 Å². The zero-order chi connectivity index (χ0) is 20.1. The summed E-state index contributed by atoms with van der Waals surface area (Å²) >= 11 is 0. The highest BCUT2D eigenvalue weighted by atomic mass is 32.2. The van der Waals surface area contributed by atoms with E-state index in [1.165, 1.54) is 35.6 Å². The predicted octanol–water partition coefficient (Wildman–Crippen LogP) is 0.911. The second kappa shape index (κ2) is 8.49. The molecular formula is C19H22N4O4S. The quantitative estimate of drug-likeness (QED) is 0.716. The third-order valence-electron chi connectivity index (χ3n) is 4.55. The van der Waals surface area contributed by atoms with Gasteiger partial charge in [-0.1, -0.05) is 6.07 Å². The van der Waals surface area contributed by atoms with Crippen LogP contribution in [0, 0.1) is 0 Å². The minimum Gasteiger partial charge on any atom is -0.355 e. The molecule has 0 bridgehead atoms. The van der Waals surface area contributed by atoms with Crippen molar-refractivity contribution in [2.24, 2.45) is 0 Å². The number of hydrogen-bond acceptors (Lipinski definition) is 5. The van der Waals surface area contributed by atoms with E-state index in [2.05, 4.69) is 15.6 Å². The van der Waals surface area contributed by atoms with Crippen molar-refractivity contribution in [3.8, 4) is 0 Å². The van der Waals surface area contributed by atoms with Crippen molar-refractivity contribution in [1.29, 1.82) is 0 Å². The number of benzene rings is 1. The van der Waals surface area contributed by atoms with Gasteiger partial charge in [-0.2, -0.15) is 4.31 Å². The zero-order valence-electron chi connectivity index (χ0n) is 15.5. The molecule has 1 atom stereocenters. The first-order valence-corrected chi connectivity index (χ1v) is 10.4. The molecule has 0 radical (unpaired) electrons. The van der Waals surface area contributed by atoms with E-state index in [1.54, 1.807) is 24.4 Å². The number of carbonyl (C=O) groups excluding carboxylic acids is 2. The fraction of sp³-hybridized carbons (Fsp3) is 0.316. The Hall–Kier alpha value is -2.78. The summed E-state index contributed by atoms with van der Waals surface area (Å²) in [7, 11) is -2.33. The molecule has 0 aliphatic carbocycles. The van der Waals surface area contributed by atoms with Crippen LogP contribution in [0.15, 0.2) is 53.6 Å². The van der Waals surface area contributed by atoms with Gasteiger partial charge in [0.1, 0.15) is 0 Å². The van der Waals surface area contributed by atoms with Gasteiger partial charge in [0.25, 0.3) is 5.91 Å². The van der Waals surface area contributed by atoms with Crippen molar-refractivity contribution in [2.75, 3.05) is 13.6 Å². The third kappa shape index (κ3) is 4.55. The molecular weight excluding hydrogens is 380 g/mol. The van der Waals surface area contributed by atoms with Gasteiger partial charge in [-0.05, 0) is 42.8 Å². The molecule has 2 heterocycles. The lowest BCUT2D eigenvalue weighted by Crippen LogP contribution is -2.41. The van der Waals surface area contributed by atoms with Gasteiger partial charge in [0.2, 0.25) is 15.9 Å². The first-order chi connectivity index (χ1) is 13.4. The Balaban J connectivity index is 1.88. The topological polar surface area (TPSA) is 108 Å². The van der Waals surface area contributed by atoms with Gasteiger partial charge in [-0.25, -0.2) is 8.42 Å². The standard InChI is InChI=1S/C19H22N4O4S/c1-20-19(25)14-5-8-17(9-6-14)28(26,27)23(12-15-4-2-3-11-21-15)13-16-7-10-18(24)22-16/h2-6,8-9,11,16H,7,10,12-13H2,1H3,(H,20,25)(H,22,24)/t16-/m0/s1. The van der Waals surface area contributed by atoms with Crippen LogP contribution < -0.4 is 10.6 Å². The maximum Gasteiger partial charge on any atom is 0.251 e. The van der Waals surface area contributed by atoms with Crippen LogP contribution in [-0.4, -0.2) is 49.2 Å². The van der Waals surface area contributed by atoms with Crippen LogP contribution in [0.2, 0.25) is 0 Å². The van der Waals surface area contributed by atoms with Gasteiger partial charge in [-0.15, -0.1) is 0 Å². The molecule has 1 aromatic heterocycles. The van der Waals surface area contributed by atoms with Gasteiger partial charge >= 0.3 is 0 Å². The number of amides is 2. The lowest BCUT2D eigenvalue weighted by atomic mass is 10.2. The van der Waals surface area contributed by atoms with Crippen LogP contribution in [0.5, 0.6) is 0 Å². The molecule has 2 aromatic rings. The van der Waals surface area contributed by atoms with Gasteiger partial charge in [0.05, 0.1) is 17.1 Å². The predicted molar refractivity (Wildman–Crippen MR) is 103 cm³/mol. The second-order valence-electron chi connectivity index (χ2n) is 6.53. The highest BCUT2D eigenvalue weighted by Crippen LogP contribution is 2.21. The Kier molecular flexibility index (Phi) is 6.05. The fourth-order valence-corrected chi connectivity index (χ4v) is 4.51. The van der Waals surface area contributed by atoms with Crippen LogP contribution >= 0.6 is 0 Å². The molecule has 0 saturated carbocycles. The monoisotopic (exact) mass is 402 g/mol. The van der Waals surface area contributed by atoms with Crippen LogP contribution in [-0.2, 0) is 21.4 Å². The largest absolute Gasteiger partial charge is 0.355 e. The molecule has 148 valence electrons. The summed E-state index contributed by atoms with van der Waals surface area (Å²) in [6, 6.07) is 10.8. The minimum absolute atomic E-state index is 0.0740. The van der Waals surface area contributed by atoms with Gasteiger partial charge < -0.3 is 10.6 Å². The number of pyridine rings is 1. The maximum absolute atomic E-state index is 13.2. The Labute approximate surface area is 164 Å². The molecule has 28 heavy (non-hydrogen) atoms. The molecule has 9 heteroatoms. The maximum atomic E-state index is 13.2. The molecule has 1 fully saturated rings. The summed E-state index contributed by atoms with van der Waals surface area (Å²) in [5.74, 6) is -0.363. The SMILES string of the molecule is CNC(=O)c1ccc(S(=O)(=O)N(Cc2ccccn2)C[C@@H]2CCC(=O)N2)cc1. The van der Waals surface area contributed by atoms with Crippen molar-refractivity contribution in [3.05, 3.63) is 59.9 Å². The molecule has 1 aliphatic heterocycles. The van der Waals surface area contributed by atoms with E-state index in [0.29, 0.717) is 24.1 Å². The highest BCUT2D eigenvalue weighted by Gasteiger charge is 2.30. The summed E-state index contributed by atoms with van der Waals surface area (Å²) in [5, 5.41) is 5.31. The average Bonchev–Trinajstić information content (AvgIpc) is 3.12. The number of hydrogen-bond donors (Lipinski definition) is 2. The summed E-state index contributed by atoms with van der Waals surface area (Å²) in [4.78, 5) is 27.5. The van der Waals surface area contributed by atoms with E-state index >= 15 is 0 Å². The Morgan fingerprint density at radius 3 is 2.57 bits per heavy atom. The van der Waals surface area contributed by atoms with Crippen molar-refractivity contribution in [3.63, 3.8) is 0 Å². The van der Waals surface area contributed by atoms with E-state index in [-0.39, 0.29) is 35.8 Å². The normalized spacial score (nSPS) is 16.8. The molecule has 2 amide bonds. The van der Waals surface area contributed by atoms with Crippen LogP contribution in [0.1, 0.15) is 28.9 Å². The highest BCUT2D eigenvalue weighted by molar-refractivity contribution is 7.89. The molecule has 1 aromatic carbocycles. The van der Waals surface area contributed by atoms with Crippen LogP contribution in [0.25, 0.3) is 0 Å². The first kappa shape index (κ1) is 20.0. The summed E-state index contributed by atoms with van der Waals surface area (Å²) < 4.78 is 27.8. The Morgan fingerprint density at radius 2 is 2.00 bits per heavy atom. The average molecular weight is 402 g/mol. The number of rotatable bonds is 7. The van der Waals surface area contributed by atoms with E-state index in [9.17, 15) is 18.0 Å². The van der Waals surface area contributed by atoms with Crippen molar-refractivity contribution >= 4 is 21.8 Å². The zero-order valence-corrected chi connectivity index (χ0v) is 16.3. The van der Waals surface area contributed by atoms with E-state index in [4.69, 9.17) is 0 Å². The summed E-state index contributed by atoms with van der Waals surface area (Å²) in [5.41, 5.74) is 0.984. The van der Waals surface area contributed by atoms with Crippen molar-refractivity contribution in [1.82, 2.24) is 19.9 Å². The summed E-state index contributed by atoms with van der Waals surface area (Å²) in [6.07, 6.45) is 2.58. The van der Waals surface area contributed by atoms with Crippen LogP contribution in [0.4, 0.5) is 0 Å².